The molecule has 16 heavy (non-hydrogen) atoms. The number of nitrogens with zero attached hydrogens (tertiary/aromatic N) is 2. The molecule has 0 aliphatic rings. The van der Waals surface area contributed by atoms with Crippen molar-refractivity contribution in [1.29, 1.82) is 0 Å². The normalized spacial score (nSPS) is 10.8. The van der Waals surface area contributed by atoms with Gasteiger partial charge in [-0.1, -0.05) is 19.8 Å². The first-order valence-corrected chi connectivity index (χ1v) is 6.28. The van der Waals surface area contributed by atoms with Crippen LogP contribution in [0, 0.1) is 0 Å². The topological polar surface area (TPSA) is 43.6 Å². The molecule has 2 rings (SSSR count). The van der Waals surface area contributed by atoms with Crippen LogP contribution in [0.1, 0.15) is 36.7 Å². The molecule has 0 aliphatic heterocycles. The van der Waals surface area contributed by atoms with E-state index in [1.54, 1.807) is 4.40 Å². The predicted molar refractivity (Wildman–Crippen MR) is 63.5 cm³/mol. The molecule has 0 spiro atoms. The summed E-state index contributed by atoms with van der Waals surface area (Å²) in [6.07, 6.45) is 5.91. The summed E-state index contributed by atoms with van der Waals surface area (Å²) < 4.78 is 7.27. The van der Waals surface area contributed by atoms with Crippen LogP contribution in [0.3, 0.4) is 0 Å². The lowest BCUT2D eigenvalue weighted by Crippen LogP contribution is -2.00. The SMILES string of the molecule is CCCCCOc1nc2sccn2c1C=O. The Labute approximate surface area is 97.9 Å². The lowest BCUT2D eigenvalue weighted by atomic mass is 10.3. The van der Waals surface area contributed by atoms with E-state index in [0.29, 0.717) is 18.2 Å². The van der Waals surface area contributed by atoms with Gasteiger partial charge in [-0.3, -0.25) is 9.20 Å². The maximum atomic E-state index is 11.0. The highest BCUT2D eigenvalue weighted by atomic mass is 32.1. The average Bonchev–Trinajstić information content (AvgIpc) is 2.84. The molecule has 0 atom stereocenters. The Morgan fingerprint density at radius 3 is 3.19 bits per heavy atom. The van der Waals surface area contributed by atoms with Gasteiger partial charge < -0.3 is 4.74 Å². The van der Waals surface area contributed by atoms with E-state index < -0.39 is 0 Å². The number of imidazole rings is 1. The summed E-state index contributed by atoms with van der Waals surface area (Å²) in [5, 5.41) is 1.90. The lowest BCUT2D eigenvalue weighted by molar-refractivity contribution is 0.111. The van der Waals surface area contributed by atoms with Crippen LogP contribution in [0.15, 0.2) is 11.6 Å². The Kier molecular flexibility index (Phi) is 3.56. The number of hydrogen-bond acceptors (Lipinski definition) is 4. The van der Waals surface area contributed by atoms with E-state index in [0.717, 1.165) is 30.5 Å². The number of carbonyl (C=O) groups is 1. The number of aldehydes is 1. The summed E-state index contributed by atoms with van der Waals surface area (Å²) in [5.74, 6) is 0.456. The zero-order valence-corrected chi connectivity index (χ0v) is 10.00. The summed E-state index contributed by atoms with van der Waals surface area (Å²) >= 11 is 1.49. The van der Waals surface area contributed by atoms with Crippen LogP contribution in [0.2, 0.25) is 0 Å². The molecule has 0 aliphatic carbocycles. The molecule has 0 fully saturated rings. The van der Waals surface area contributed by atoms with Gasteiger partial charge in [0.25, 0.3) is 0 Å². The molecular weight excluding hydrogens is 224 g/mol. The van der Waals surface area contributed by atoms with E-state index in [1.807, 2.05) is 11.6 Å². The van der Waals surface area contributed by atoms with Crippen molar-refractivity contribution in [2.45, 2.75) is 26.2 Å². The third kappa shape index (κ3) is 2.09. The first-order chi connectivity index (χ1) is 7.86. The van der Waals surface area contributed by atoms with Crippen molar-refractivity contribution in [2.75, 3.05) is 6.61 Å². The quantitative estimate of drug-likeness (QED) is 0.574. The third-order valence-corrected chi connectivity index (χ3v) is 3.12. The van der Waals surface area contributed by atoms with E-state index in [4.69, 9.17) is 4.74 Å². The summed E-state index contributed by atoms with van der Waals surface area (Å²) in [6, 6.07) is 0. The van der Waals surface area contributed by atoms with Gasteiger partial charge in [-0.15, -0.1) is 11.3 Å². The van der Waals surface area contributed by atoms with Gasteiger partial charge in [0.05, 0.1) is 6.61 Å². The molecule has 86 valence electrons. The van der Waals surface area contributed by atoms with Crippen LogP contribution < -0.4 is 4.74 Å². The fourth-order valence-electron chi connectivity index (χ4n) is 1.52. The minimum Gasteiger partial charge on any atom is -0.476 e. The fraction of sp³-hybridized carbons (Fsp3) is 0.455. The summed E-state index contributed by atoms with van der Waals surface area (Å²) in [6.45, 7) is 2.77. The molecule has 0 unspecified atom stereocenters. The van der Waals surface area contributed by atoms with Crippen LogP contribution in [0.4, 0.5) is 0 Å². The van der Waals surface area contributed by atoms with E-state index >= 15 is 0 Å². The van der Waals surface area contributed by atoms with Crippen molar-refractivity contribution in [2.24, 2.45) is 0 Å². The van der Waals surface area contributed by atoms with E-state index in [9.17, 15) is 4.79 Å². The average molecular weight is 238 g/mol. The number of unbranched alkanes of at least 4 members (excludes halogenated alkanes) is 2. The summed E-state index contributed by atoms with van der Waals surface area (Å²) in [7, 11) is 0. The maximum Gasteiger partial charge on any atom is 0.244 e. The molecule has 2 aromatic rings. The molecule has 0 saturated heterocycles. The molecule has 4 nitrogen and oxygen atoms in total. The lowest BCUT2D eigenvalue weighted by Gasteiger charge is -2.02. The van der Waals surface area contributed by atoms with E-state index in [1.165, 1.54) is 11.3 Å². The molecule has 2 aromatic heterocycles. The second-order valence-corrected chi connectivity index (χ2v) is 4.40. The van der Waals surface area contributed by atoms with Crippen molar-refractivity contribution in [3.8, 4) is 5.88 Å². The highest BCUT2D eigenvalue weighted by Crippen LogP contribution is 2.21. The van der Waals surface area contributed by atoms with Gasteiger partial charge in [0.2, 0.25) is 5.88 Å². The minimum atomic E-state index is 0.456. The van der Waals surface area contributed by atoms with Gasteiger partial charge in [-0.25, -0.2) is 0 Å². The zero-order valence-electron chi connectivity index (χ0n) is 9.18. The molecule has 0 radical (unpaired) electrons. The highest BCUT2D eigenvalue weighted by molar-refractivity contribution is 7.15. The van der Waals surface area contributed by atoms with Crippen molar-refractivity contribution in [3.05, 3.63) is 17.3 Å². The van der Waals surface area contributed by atoms with Crippen LogP contribution in [0.5, 0.6) is 5.88 Å². The second kappa shape index (κ2) is 5.12. The largest absolute Gasteiger partial charge is 0.476 e. The minimum absolute atomic E-state index is 0.456. The maximum absolute atomic E-state index is 11.0. The summed E-state index contributed by atoms with van der Waals surface area (Å²) in [4.78, 5) is 16.0. The third-order valence-electron chi connectivity index (χ3n) is 2.36. The van der Waals surface area contributed by atoms with Crippen molar-refractivity contribution >= 4 is 22.6 Å². The number of carbonyl (C=O) groups excluding carboxylic acids is 1. The Balaban J connectivity index is 2.10. The number of thiazole rings is 1. The first kappa shape index (κ1) is 11.1. The monoisotopic (exact) mass is 238 g/mol. The Hall–Kier alpha value is -1.36. The number of ether oxygens (including phenoxy) is 1. The summed E-state index contributed by atoms with van der Waals surface area (Å²) in [5.41, 5.74) is 0.507. The smallest absolute Gasteiger partial charge is 0.244 e. The molecule has 0 N–H and O–H groups in total. The molecule has 0 saturated carbocycles. The number of hydrogen-bond donors (Lipinski definition) is 0. The first-order valence-electron chi connectivity index (χ1n) is 5.40. The number of fused-ring (bicyclic) bond motifs is 1. The van der Waals surface area contributed by atoms with Gasteiger partial charge in [0, 0.05) is 11.6 Å². The van der Waals surface area contributed by atoms with Gasteiger partial charge in [-0.05, 0) is 6.42 Å². The molecule has 0 aromatic carbocycles. The van der Waals surface area contributed by atoms with Crippen LogP contribution in [-0.4, -0.2) is 22.3 Å². The Morgan fingerprint density at radius 2 is 2.44 bits per heavy atom. The fourth-order valence-corrected chi connectivity index (χ4v) is 2.23. The Bertz CT molecular complexity index is 475. The number of aromatic nitrogens is 2. The zero-order chi connectivity index (χ0) is 11.4. The highest BCUT2D eigenvalue weighted by Gasteiger charge is 2.13. The Morgan fingerprint density at radius 1 is 1.56 bits per heavy atom. The van der Waals surface area contributed by atoms with Gasteiger partial charge in [0.15, 0.2) is 16.9 Å². The number of rotatable bonds is 6. The van der Waals surface area contributed by atoms with Crippen molar-refractivity contribution in [3.63, 3.8) is 0 Å². The van der Waals surface area contributed by atoms with E-state index in [2.05, 4.69) is 11.9 Å². The van der Waals surface area contributed by atoms with Crippen LogP contribution in [0.25, 0.3) is 4.96 Å². The molecule has 2 heterocycles. The molecule has 5 heteroatoms. The van der Waals surface area contributed by atoms with Crippen molar-refractivity contribution in [1.82, 2.24) is 9.38 Å². The predicted octanol–water partition coefficient (Wildman–Crippen LogP) is 2.78. The van der Waals surface area contributed by atoms with Crippen molar-refractivity contribution < 1.29 is 9.53 Å². The molecule has 0 bridgehead atoms. The molecular formula is C11H14N2O2S. The van der Waals surface area contributed by atoms with E-state index in [-0.39, 0.29) is 0 Å². The van der Waals surface area contributed by atoms with Gasteiger partial charge in [-0.2, -0.15) is 4.98 Å². The molecule has 0 amide bonds. The second-order valence-electron chi connectivity index (χ2n) is 3.53. The standard InChI is InChI=1S/C11H14N2O2S/c1-2-3-4-6-15-10-9(8-14)13-5-7-16-11(13)12-10/h5,7-8H,2-4,6H2,1H3. The van der Waals surface area contributed by atoms with Crippen LogP contribution in [-0.2, 0) is 0 Å². The van der Waals surface area contributed by atoms with Gasteiger partial charge in [0.1, 0.15) is 0 Å². The van der Waals surface area contributed by atoms with Gasteiger partial charge >= 0.3 is 0 Å². The van der Waals surface area contributed by atoms with Crippen LogP contribution >= 0.6 is 11.3 Å².